The minimum atomic E-state index is 0.708. The first kappa shape index (κ1) is 14.8. The second kappa shape index (κ2) is 6.72. The highest BCUT2D eigenvalue weighted by Gasteiger charge is 2.08. The molecule has 2 rings (SSSR count). The molecule has 102 valence electrons. The lowest BCUT2D eigenvalue weighted by atomic mass is 10.3. The molecule has 0 aliphatic carbocycles. The fourth-order valence-electron chi connectivity index (χ4n) is 1.60. The van der Waals surface area contributed by atoms with Gasteiger partial charge in [-0.3, -0.25) is 0 Å². The van der Waals surface area contributed by atoms with Gasteiger partial charge in [0.05, 0.1) is 34.5 Å². The third-order valence-electron chi connectivity index (χ3n) is 2.60. The summed E-state index contributed by atoms with van der Waals surface area (Å²) in [6, 6.07) is 3.93. The van der Waals surface area contributed by atoms with Gasteiger partial charge in [-0.2, -0.15) is 0 Å². The molecule has 0 fully saturated rings. The zero-order chi connectivity index (χ0) is 13.8. The smallest absolute Gasteiger partial charge is 0.135 e. The maximum atomic E-state index is 5.29. The molecule has 0 atom stereocenters. The van der Waals surface area contributed by atoms with E-state index in [0.29, 0.717) is 6.54 Å². The number of halogens is 2. The summed E-state index contributed by atoms with van der Waals surface area (Å²) in [6.07, 6.45) is 0.987. The summed E-state index contributed by atoms with van der Waals surface area (Å²) in [7, 11) is 1.66. The van der Waals surface area contributed by atoms with Crippen LogP contribution < -0.4 is 10.1 Å². The molecule has 0 amide bonds. The molecule has 1 aromatic heterocycles. The van der Waals surface area contributed by atoms with E-state index in [1.807, 2.05) is 12.1 Å². The Morgan fingerprint density at radius 1 is 1.32 bits per heavy atom. The molecule has 1 N–H and O–H groups in total. The molecule has 0 aliphatic heterocycles. The van der Waals surface area contributed by atoms with Crippen LogP contribution >= 0.6 is 43.2 Å². The van der Waals surface area contributed by atoms with Crippen molar-refractivity contribution in [3.63, 3.8) is 0 Å². The number of benzene rings is 1. The van der Waals surface area contributed by atoms with E-state index in [9.17, 15) is 0 Å². The van der Waals surface area contributed by atoms with Crippen molar-refractivity contribution in [2.24, 2.45) is 0 Å². The van der Waals surface area contributed by atoms with Crippen molar-refractivity contribution in [3.05, 3.63) is 37.2 Å². The zero-order valence-electron chi connectivity index (χ0n) is 10.7. The van der Waals surface area contributed by atoms with Crippen LogP contribution in [0.2, 0.25) is 0 Å². The molecule has 0 saturated carbocycles. The Balaban J connectivity index is 2.10. The minimum Gasteiger partial charge on any atom is -0.495 e. The third kappa shape index (κ3) is 3.70. The Bertz CT molecular complexity index is 572. The van der Waals surface area contributed by atoms with Crippen molar-refractivity contribution >= 4 is 48.9 Å². The van der Waals surface area contributed by atoms with Crippen molar-refractivity contribution in [2.75, 3.05) is 12.4 Å². The van der Waals surface area contributed by atoms with Gasteiger partial charge in [-0.1, -0.05) is 6.92 Å². The van der Waals surface area contributed by atoms with Crippen molar-refractivity contribution in [1.29, 1.82) is 0 Å². The van der Waals surface area contributed by atoms with Gasteiger partial charge in [-0.15, -0.1) is 11.3 Å². The van der Waals surface area contributed by atoms with Gasteiger partial charge < -0.3 is 10.1 Å². The highest BCUT2D eigenvalue weighted by atomic mass is 79.9. The number of nitrogens with zero attached hydrogens (tertiary/aromatic N) is 1. The molecule has 0 radical (unpaired) electrons. The van der Waals surface area contributed by atoms with Crippen LogP contribution in [-0.2, 0) is 13.0 Å². The first-order valence-corrected chi connectivity index (χ1v) is 8.30. The second-order valence-electron chi connectivity index (χ2n) is 3.91. The van der Waals surface area contributed by atoms with Gasteiger partial charge in [-0.05, 0) is 44.3 Å². The zero-order valence-corrected chi connectivity index (χ0v) is 14.7. The molecule has 0 saturated heterocycles. The maximum absolute atomic E-state index is 5.29. The molecule has 3 nitrogen and oxygen atoms in total. The van der Waals surface area contributed by atoms with Crippen LogP contribution in [0.15, 0.2) is 26.5 Å². The first-order valence-electron chi connectivity index (χ1n) is 5.84. The number of anilines is 1. The standard InChI is InChI=1S/C13H14Br2N2OS/c1-3-13-17-8(7-19-13)6-16-11-5-12(18-2)10(15)4-9(11)14/h4-5,7,16H,3,6H2,1-2H3. The molecule has 0 spiro atoms. The summed E-state index contributed by atoms with van der Waals surface area (Å²) in [5.41, 5.74) is 2.06. The van der Waals surface area contributed by atoms with Gasteiger partial charge in [0, 0.05) is 15.9 Å². The highest BCUT2D eigenvalue weighted by Crippen LogP contribution is 2.34. The lowest BCUT2D eigenvalue weighted by Gasteiger charge is -2.11. The Kier molecular flexibility index (Phi) is 5.24. The number of nitrogens with one attached hydrogen (secondary N) is 1. The summed E-state index contributed by atoms with van der Waals surface area (Å²) in [6.45, 7) is 2.83. The highest BCUT2D eigenvalue weighted by molar-refractivity contribution is 9.11. The number of aromatic nitrogens is 1. The van der Waals surface area contributed by atoms with Crippen LogP contribution in [0.25, 0.3) is 0 Å². The average molecular weight is 406 g/mol. The van der Waals surface area contributed by atoms with E-state index >= 15 is 0 Å². The van der Waals surface area contributed by atoms with E-state index in [4.69, 9.17) is 4.74 Å². The Morgan fingerprint density at radius 3 is 2.74 bits per heavy atom. The minimum absolute atomic E-state index is 0.708. The SMILES string of the molecule is CCc1nc(CNc2cc(OC)c(Br)cc2Br)cs1. The predicted molar refractivity (Wildman–Crippen MR) is 87.2 cm³/mol. The van der Waals surface area contributed by atoms with Crippen molar-refractivity contribution in [3.8, 4) is 5.75 Å². The molecular formula is C13H14Br2N2OS. The number of aryl methyl sites for hydroxylation is 1. The molecule has 6 heteroatoms. The second-order valence-corrected chi connectivity index (χ2v) is 6.56. The summed E-state index contributed by atoms with van der Waals surface area (Å²) in [5, 5.41) is 6.63. The number of rotatable bonds is 5. The number of ether oxygens (including phenoxy) is 1. The summed E-state index contributed by atoms with van der Waals surface area (Å²) >= 11 is 8.70. The molecule has 19 heavy (non-hydrogen) atoms. The lowest BCUT2D eigenvalue weighted by Crippen LogP contribution is -2.01. The molecular weight excluding hydrogens is 392 g/mol. The topological polar surface area (TPSA) is 34.2 Å². The van der Waals surface area contributed by atoms with E-state index < -0.39 is 0 Å². The largest absolute Gasteiger partial charge is 0.495 e. The lowest BCUT2D eigenvalue weighted by molar-refractivity contribution is 0.412. The van der Waals surface area contributed by atoms with Crippen LogP contribution in [0.5, 0.6) is 5.75 Å². The molecule has 1 aromatic carbocycles. The van der Waals surface area contributed by atoms with E-state index in [-0.39, 0.29) is 0 Å². The predicted octanol–water partition coefficient (Wildman–Crippen LogP) is 4.85. The van der Waals surface area contributed by atoms with E-state index in [2.05, 4.69) is 54.5 Å². The van der Waals surface area contributed by atoms with Crippen molar-refractivity contribution in [2.45, 2.75) is 19.9 Å². The fraction of sp³-hybridized carbons (Fsp3) is 0.308. The van der Waals surface area contributed by atoms with Crippen molar-refractivity contribution < 1.29 is 4.74 Å². The Hall–Kier alpha value is -0.590. The van der Waals surface area contributed by atoms with E-state index in [1.54, 1.807) is 18.4 Å². The number of thiazole rings is 1. The average Bonchev–Trinajstić information content (AvgIpc) is 2.86. The normalized spacial score (nSPS) is 10.5. The van der Waals surface area contributed by atoms with Crippen LogP contribution in [0.3, 0.4) is 0 Å². The quantitative estimate of drug-likeness (QED) is 0.771. The molecule has 1 heterocycles. The molecule has 0 aliphatic rings. The van der Waals surface area contributed by atoms with Crippen LogP contribution in [0.4, 0.5) is 5.69 Å². The summed E-state index contributed by atoms with van der Waals surface area (Å²) in [5.74, 6) is 0.804. The summed E-state index contributed by atoms with van der Waals surface area (Å²) in [4.78, 5) is 4.53. The van der Waals surface area contributed by atoms with Gasteiger partial charge >= 0.3 is 0 Å². The van der Waals surface area contributed by atoms with Crippen LogP contribution in [0, 0.1) is 0 Å². The number of hydrogen-bond donors (Lipinski definition) is 1. The molecule has 0 bridgehead atoms. The van der Waals surface area contributed by atoms with Gasteiger partial charge in [0.1, 0.15) is 5.75 Å². The van der Waals surface area contributed by atoms with Crippen LogP contribution in [-0.4, -0.2) is 12.1 Å². The van der Waals surface area contributed by atoms with Gasteiger partial charge in [0.25, 0.3) is 0 Å². The van der Waals surface area contributed by atoms with Gasteiger partial charge in [0.15, 0.2) is 0 Å². The Labute approximate surface area is 133 Å². The van der Waals surface area contributed by atoms with Crippen LogP contribution in [0.1, 0.15) is 17.6 Å². The van der Waals surface area contributed by atoms with Crippen molar-refractivity contribution in [1.82, 2.24) is 4.98 Å². The molecule has 2 aromatic rings. The Morgan fingerprint density at radius 2 is 2.11 bits per heavy atom. The number of methoxy groups -OCH3 is 1. The van der Waals surface area contributed by atoms with Gasteiger partial charge in [-0.25, -0.2) is 4.98 Å². The fourth-order valence-corrected chi connectivity index (χ4v) is 3.64. The van der Waals surface area contributed by atoms with Gasteiger partial charge in [0.2, 0.25) is 0 Å². The maximum Gasteiger partial charge on any atom is 0.135 e. The first-order chi connectivity index (χ1) is 9.13. The third-order valence-corrected chi connectivity index (χ3v) is 4.92. The summed E-state index contributed by atoms with van der Waals surface area (Å²) < 4.78 is 7.21. The van der Waals surface area contributed by atoms with E-state index in [1.165, 1.54) is 5.01 Å². The monoisotopic (exact) mass is 404 g/mol. The molecule has 0 unspecified atom stereocenters. The number of hydrogen-bond acceptors (Lipinski definition) is 4. The van der Waals surface area contributed by atoms with E-state index in [0.717, 1.165) is 32.5 Å².